The minimum Gasteiger partial charge on any atom is -0.481 e. The van der Waals surface area contributed by atoms with Gasteiger partial charge in [-0.3, -0.25) is 9.69 Å². The highest BCUT2D eigenvalue weighted by molar-refractivity contribution is 9.10. The molecule has 0 saturated carbocycles. The fourth-order valence-electron chi connectivity index (χ4n) is 4.15. The second kappa shape index (κ2) is 8.93. The Balaban J connectivity index is 1.63. The molecule has 1 aliphatic heterocycles. The summed E-state index contributed by atoms with van der Waals surface area (Å²) < 4.78 is 1.06. The van der Waals surface area contributed by atoms with Crippen LogP contribution in [0.4, 0.5) is 0 Å². The molecule has 0 radical (unpaired) electrons. The number of piperidine rings is 1. The molecule has 3 aromatic carbocycles. The molecule has 1 fully saturated rings. The lowest BCUT2D eigenvalue weighted by Crippen LogP contribution is -2.39. The second-order valence-electron chi connectivity index (χ2n) is 7.59. The number of hydrogen-bond acceptors (Lipinski definition) is 2. The summed E-state index contributed by atoms with van der Waals surface area (Å²) in [5.41, 5.74) is 4.88. The Morgan fingerprint density at radius 3 is 1.90 bits per heavy atom. The van der Waals surface area contributed by atoms with Gasteiger partial charge in [-0.2, -0.15) is 0 Å². The van der Waals surface area contributed by atoms with Crippen LogP contribution in [0.5, 0.6) is 0 Å². The molecule has 3 aromatic rings. The van der Waals surface area contributed by atoms with E-state index in [4.69, 9.17) is 0 Å². The maximum atomic E-state index is 11.4. The molecule has 0 aromatic heterocycles. The van der Waals surface area contributed by atoms with Crippen LogP contribution in [0.3, 0.4) is 0 Å². The number of carboxylic acid groups (broad SMARTS) is 1. The fraction of sp³-hybridized carbons (Fsp3) is 0.240. The van der Waals surface area contributed by atoms with Crippen LogP contribution in [0.1, 0.15) is 30.0 Å². The van der Waals surface area contributed by atoms with Gasteiger partial charge in [0.05, 0.1) is 12.0 Å². The molecule has 1 saturated heterocycles. The number of aliphatic carboxylic acids is 1. The van der Waals surface area contributed by atoms with Gasteiger partial charge in [-0.05, 0) is 60.3 Å². The summed E-state index contributed by atoms with van der Waals surface area (Å²) in [6.45, 7) is 1.58. The van der Waals surface area contributed by atoms with Crippen molar-refractivity contribution in [3.8, 4) is 11.1 Å². The van der Waals surface area contributed by atoms with Crippen LogP contribution in [-0.4, -0.2) is 29.1 Å². The average Bonchev–Trinajstić information content (AvgIpc) is 2.77. The van der Waals surface area contributed by atoms with Gasteiger partial charge in [-0.1, -0.05) is 82.7 Å². The largest absolute Gasteiger partial charge is 0.481 e. The van der Waals surface area contributed by atoms with E-state index < -0.39 is 5.97 Å². The molecule has 0 spiro atoms. The maximum Gasteiger partial charge on any atom is 0.306 e. The first-order valence-electron chi connectivity index (χ1n) is 9.99. The van der Waals surface area contributed by atoms with E-state index in [2.05, 4.69) is 93.6 Å². The van der Waals surface area contributed by atoms with Gasteiger partial charge in [0.15, 0.2) is 0 Å². The standard InChI is InChI=1S/C25H24BrNO2/c26-23-12-10-21(11-13-23)24(27-16-14-22(15-17-27)25(28)29)20-8-6-19(7-9-20)18-4-2-1-3-5-18/h1-13,22,24H,14-17H2,(H,28,29). The Morgan fingerprint density at radius 2 is 1.34 bits per heavy atom. The van der Waals surface area contributed by atoms with E-state index in [1.807, 2.05) is 6.07 Å². The van der Waals surface area contributed by atoms with Crippen molar-refractivity contribution in [2.45, 2.75) is 18.9 Å². The van der Waals surface area contributed by atoms with Crippen molar-refractivity contribution in [3.05, 3.63) is 94.5 Å². The number of halogens is 1. The van der Waals surface area contributed by atoms with Crippen molar-refractivity contribution in [2.24, 2.45) is 5.92 Å². The maximum absolute atomic E-state index is 11.4. The SMILES string of the molecule is O=C(O)C1CCN(C(c2ccc(Br)cc2)c2ccc(-c3ccccc3)cc2)CC1. The van der Waals surface area contributed by atoms with Crippen molar-refractivity contribution in [1.82, 2.24) is 4.90 Å². The van der Waals surface area contributed by atoms with Crippen LogP contribution in [0.15, 0.2) is 83.3 Å². The number of nitrogens with zero attached hydrogens (tertiary/aromatic N) is 1. The molecule has 1 atom stereocenters. The molecule has 1 unspecified atom stereocenters. The molecule has 0 bridgehead atoms. The van der Waals surface area contributed by atoms with Gasteiger partial charge in [0, 0.05) is 4.47 Å². The molecule has 3 nitrogen and oxygen atoms in total. The fourth-order valence-corrected chi connectivity index (χ4v) is 4.42. The minimum atomic E-state index is -0.669. The van der Waals surface area contributed by atoms with Crippen molar-refractivity contribution < 1.29 is 9.90 Å². The van der Waals surface area contributed by atoms with Crippen LogP contribution in [-0.2, 0) is 4.79 Å². The average molecular weight is 450 g/mol. The lowest BCUT2D eigenvalue weighted by molar-refractivity contribution is -0.143. The first-order valence-corrected chi connectivity index (χ1v) is 10.8. The summed E-state index contributed by atoms with van der Waals surface area (Å²) in [5.74, 6) is -0.894. The third-order valence-electron chi connectivity index (χ3n) is 5.76. The predicted molar refractivity (Wildman–Crippen MR) is 120 cm³/mol. The van der Waals surface area contributed by atoms with Crippen LogP contribution in [0, 0.1) is 5.92 Å². The molecule has 1 heterocycles. The van der Waals surface area contributed by atoms with E-state index >= 15 is 0 Å². The lowest BCUT2D eigenvalue weighted by atomic mass is 9.90. The van der Waals surface area contributed by atoms with Gasteiger partial charge in [-0.25, -0.2) is 0 Å². The number of likely N-dealkylation sites (tertiary alicyclic amines) is 1. The van der Waals surface area contributed by atoms with E-state index in [0.29, 0.717) is 12.8 Å². The monoisotopic (exact) mass is 449 g/mol. The number of benzene rings is 3. The van der Waals surface area contributed by atoms with Gasteiger partial charge in [0.25, 0.3) is 0 Å². The number of hydrogen-bond donors (Lipinski definition) is 1. The summed E-state index contributed by atoms with van der Waals surface area (Å²) in [6, 6.07) is 27.8. The molecule has 0 aliphatic carbocycles. The quantitative estimate of drug-likeness (QED) is 0.518. The normalized spacial score (nSPS) is 16.4. The second-order valence-corrected chi connectivity index (χ2v) is 8.51. The highest BCUT2D eigenvalue weighted by Gasteiger charge is 2.30. The van der Waals surface area contributed by atoms with Crippen LogP contribution in [0.2, 0.25) is 0 Å². The zero-order valence-electron chi connectivity index (χ0n) is 16.2. The van der Waals surface area contributed by atoms with Crippen molar-refractivity contribution >= 4 is 21.9 Å². The molecular formula is C25H24BrNO2. The Bertz CT molecular complexity index is 946. The van der Waals surface area contributed by atoms with Crippen molar-refractivity contribution in [3.63, 3.8) is 0 Å². The smallest absolute Gasteiger partial charge is 0.306 e. The molecule has 29 heavy (non-hydrogen) atoms. The zero-order chi connectivity index (χ0) is 20.2. The number of rotatable bonds is 5. The molecule has 0 amide bonds. The number of carbonyl (C=O) groups is 1. The molecular weight excluding hydrogens is 426 g/mol. The topological polar surface area (TPSA) is 40.5 Å². The Kier molecular flexibility index (Phi) is 6.12. The van der Waals surface area contributed by atoms with Crippen molar-refractivity contribution in [1.29, 1.82) is 0 Å². The van der Waals surface area contributed by atoms with E-state index in [0.717, 1.165) is 17.6 Å². The Labute approximate surface area is 180 Å². The van der Waals surface area contributed by atoms with Gasteiger partial charge in [0.1, 0.15) is 0 Å². The summed E-state index contributed by atoms with van der Waals surface area (Å²) in [6.07, 6.45) is 1.40. The first-order chi connectivity index (χ1) is 14.1. The van der Waals surface area contributed by atoms with Crippen LogP contribution in [0.25, 0.3) is 11.1 Å². The summed E-state index contributed by atoms with van der Waals surface area (Å²) in [4.78, 5) is 13.8. The predicted octanol–water partition coefficient (Wildman–Crippen LogP) is 6.00. The van der Waals surface area contributed by atoms with Gasteiger partial charge >= 0.3 is 5.97 Å². The van der Waals surface area contributed by atoms with Crippen LogP contribution < -0.4 is 0 Å². The van der Waals surface area contributed by atoms with E-state index in [1.165, 1.54) is 22.3 Å². The van der Waals surface area contributed by atoms with E-state index in [9.17, 15) is 9.90 Å². The lowest BCUT2D eigenvalue weighted by Gasteiger charge is -2.37. The van der Waals surface area contributed by atoms with Crippen molar-refractivity contribution in [2.75, 3.05) is 13.1 Å². The zero-order valence-corrected chi connectivity index (χ0v) is 17.8. The van der Waals surface area contributed by atoms with Gasteiger partial charge in [-0.15, -0.1) is 0 Å². The summed E-state index contributed by atoms with van der Waals surface area (Å²) >= 11 is 3.53. The molecule has 4 heteroatoms. The Hall–Kier alpha value is -2.43. The third kappa shape index (κ3) is 4.60. The molecule has 148 valence electrons. The molecule has 1 N–H and O–H groups in total. The van der Waals surface area contributed by atoms with Gasteiger partial charge in [0.2, 0.25) is 0 Å². The molecule has 4 rings (SSSR count). The van der Waals surface area contributed by atoms with E-state index in [-0.39, 0.29) is 12.0 Å². The van der Waals surface area contributed by atoms with Gasteiger partial charge < -0.3 is 5.11 Å². The highest BCUT2D eigenvalue weighted by atomic mass is 79.9. The minimum absolute atomic E-state index is 0.127. The first kappa shape index (κ1) is 19.9. The number of carboxylic acids is 1. The summed E-state index contributed by atoms with van der Waals surface area (Å²) in [7, 11) is 0. The third-order valence-corrected chi connectivity index (χ3v) is 6.29. The highest BCUT2D eigenvalue weighted by Crippen LogP contribution is 2.34. The Morgan fingerprint density at radius 1 is 0.828 bits per heavy atom. The molecule has 1 aliphatic rings. The summed E-state index contributed by atoms with van der Waals surface area (Å²) in [5, 5.41) is 9.34. The van der Waals surface area contributed by atoms with Crippen LogP contribution >= 0.6 is 15.9 Å². The van der Waals surface area contributed by atoms with E-state index in [1.54, 1.807) is 0 Å².